The standard InChI is InChI=1S/C10H11ClO2/c1-6-4-7(2)8(3)9(5-6)13-10(11)12/h4-5H,1-3H3. The van der Waals surface area contributed by atoms with E-state index in [-0.39, 0.29) is 0 Å². The van der Waals surface area contributed by atoms with Crippen molar-refractivity contribution in [2.75, 3.05) is 0 Å². The van der Waals surface area contributed by atoms with Crippen LogP contribution < -0.4 is 4.74 Å². The van der Waals surface area contributed by atoms with Crippen molar-refractivity contribution in [3.63, 3.8) is 0 Å². The van der Waals surface area contributed by atoms with Gasteiger partial charge in [-0.3, -0.25) is 0 Å². The van der Waals surface area contributed by atoms with E-state index in [4.69, 9.17) is 16.3 Å². The van der Waals surface area contributed by atoms with Crippen LogP contribution in [0.3, 0.4) is 0 Å². The van der Waals surface area contributed by atoms with Gasteiger partial charge in [-0.1, -0.05) is 6.07 Å². The lowest BCUT2D eigenvalue weighted by Crippen LogP contribution is -1.99. The third-order valence-electron chi connectivity index (χ3n) is 1.95. The van der Waals surface area contributed by atoms with Crippen molar-refractivity contribution in [1.29, 1.82) is 0 Å². The molecule has 0 heterocycles. The number of hydrogen-bond donors (Lipinski definition) is 0. The van der Waals surface area contributed by atoms with E-state index in [2.05, 4.69) is 0 Å². The molecule has 0 unspecified atom stereocenters. The predicted octanol–water partition coefficient (Wildman–Crippen LogP) is 3.35. The Balaban J connectivity index is 3.12. The normalized spacial score (nSPS) is 9.85. The van der Waals surface area contributed by atoms with Crippen molar-refractivity contribution in [3.05, 3.63) is 28.8 Å². The van der Waals surface area contributed by atoms with Crippen LogP contribution in [0.25, 0.3) is 0 Å². The van der Waals surface area contributed by atoms with Crippen LogP contribution in [0.1, 0.15) is 16.7 Å². The molecule has 0 saturated heterocycles. The topological polar surface area (TPSA) is 26.3 Å². The molecule has 2 nitrogen and oxygen atoms in total. The fourth-order valence-corrected chi connectivity index (χ4v) is 1.28. The van der Waals surface area contributed by atoms with Gasteiger partial charge in [-0.25, -0.2) is 4.79 Å². The van der Waals surface area contributed by atoms with Crippen molar-refractivity contribution in [2.45, 2.75) is 20.8 Å². The highest BCUT2D eigenvalue weighted by atomic mass is 35.5. The van der Waals surface area contributed by atoms with Crippen molar-refractivity contribution in [3.8, 4) is 5.75 Å². The molecular formula is C10H11ClO2. The second-order valence-corrected chi connectivity index (χ2v) is 3.35. The molecule has 1 aromatic carbocycles. The van der Waals surface area contributed by atoms with Crippen LogP contribution in [-0.2, 0) is 0 Å². The fourth-order valence-electron chi connectivity index (χ4n) is 1.19. The Kier molecular flexibility index (Phi) is 2.94. The number of carbonyl (C=O) groups is 1. The zero-order valence-electron chi connectivity index (χ0n) is 7.85. The van der Waals surface area contributed by atoms with Crippen LogP contribution in [0.2, 0.25) is 0 Å². The first-order valence-corrected chi connectivity index (χ1v) is 4.33. The van der Waals surface area contributed by atoms with Gasteiger partial charge in [0.1, 0.15) is 5.75 Å². The third-order valence-corrected chi connectivity index (χ3v) is 2.03. The summed E-state index contributed by atoms with van der Waals surface area (Å²) in [5.74, 6) is 0.539. The first-order valence-electron chi connectivity index (χ1n) is 3.96. The van der Waals surface area contributed by atoms with Crippen LogP contribution in [0.5, 0.6) is 5.75 Å². The minimum atomic E-state index is -0.798. The maximum atomic E-state index is 10.5. The Morgan fingerprint density at radius 3 is 2.46 bits per heavy atom. The molecule has 0 aromatic heterocycles. The number of halogens is 1. The Bertz CT molecular complexity index is 345. The molecule has 0 saturated carbocycles. The lowest BCUT2D eigenvalue weighted by atomic mass is 10.1. The third kappa shape index (κ3) is 2.46. The van der Waals surface area contributed by atoms with Crippen molar-refractivity contribution in [1.82, 2.24) is 0 Å². The maximum Gasteiger partial charge on any atom is 0.409 e. The minimum absolute atomic E-state index is 0.539. The second kappa shape index (κ2) is 3.79. The minimum Gasteiger partial charge on any atom is -0.414 e. The molecule has 1 aromatic rings. The SMILES string of the molecule is Cc1cc(C)c(C)c(OC(=O)Cl)c1. The second-order valence-electron chi connectivity index (χ2n) is 3.04. The fraction of sp³-hybridized carbons (Fsp3) is 0.300. The molecule has 0 aliphatic rings. The Hall–Kier alpha value is -1.02. The van der Waals surface area contributed by atoms with Crippen LogP contribution in [0.4, 0.5) is 4.79 Å². The zero-order chi connectivity index (χ0) is 10.0. The van der Waals surface area contributed by atoms with E-state index >= 15 is 0 Å². The van der Waals surface area contributed by atoms with E-state index in [1.165, 1.54) is 0 Å². The first-order chi connectivity index (χ1) is 6.00. The molecule has 0 radical (unpaired) electrons. The van der Waals surface area contributed by atoms with Gasteiger partial charge in [0.2, 0.25) is 0 Å². The molecule has 13 heavy (non-hydrogen) atoms. The monoisotopic (exact) mass is 198 g/mol. The van der Waals surface area contributed by atoms with Gasteiger partial charge in [0.05, 0.1) is 0 Å². The van der Waals surface area contributed by atoms with Crippen molar-refractivity contribution < 1.29 is 9.53 Å². The van der Waals surface area contributed by atoms with E-state index in [1.807, 2.05) is 26.8 Å². The number of benzene rings is 1. The molecule has 0 aliphatic heterocycles. The van der Waals surface area contributed by atoms with Gasteiger partial charge in [-0.05, 0) is 43.5 Å². The van der Waals surface area contributed by atoms with Crippen LogP contribution >= 0.6 is 11.6 Å². The molecule has 0 spiro atoms. The molecular weight excluding hydrogens is 188 g/mol. The van der Waals surface area contributed by atoms with Gasteiger partial charge in [0, 0.05) is 11.6 Å². The average Bonchev–Trinajstić information content (AvgIpc) is 1.98. The summed E-state index contributed by atoms with van der Waals surface area (Å²) in [4.78, 5) is 10.5. The average molecular weight is 199 g/mol. The summed E-state index contributed by atoms with van der Waals surface area (Å²) in [6, 6.07) is 3.82. The largest absolute Gasteiger partial charge is 0.414 e. The van der Waals surface area contributed by atoms with Gasteiger partial charge in [0.15, 0.2) is 0 Å². The molecule has 0 N–H and O–H groups in total. The summed E-state index contributed by atoms with van der Waals surface area (Å²) >= 11 is 5.13. The number of aryl methyl sites for hydroxylation is 2. The lowest BCUT2D eigenvalue weighted by Gasteiger charge is -2.08. The summed E-state index contributed by atoms with van der Waals surface area (Å²) in [6.45, 7) is 5.80. The first kappa shape index (κ1) is 10.1. The van der Waals surface area contributed by atoms with Crippen molar-refractivity contribution >= 4 is 17.0 Å². The predicted molar refractivity (Wildman–Crippen MR) is 52.5 cm³/mol. The van der Waals surface area contributed by atoms with Crippen molar-refractivity contribution in [2.24, 2.45) is 0 Å². The van der Waals surface area contributed by atoms with E-state index in [0.717, 1.165) is 16.7 Å². The molecule has 1 rings (SSSR count). The smallest absolute Gasteiger partial charge is 0.409 e. The van der Waals surface area contributed by atoms with Gasteiger partial charge in [-0.2, -0.15) is 0 Å². The highest BCUT2D eigenvalue weighted by Gasteiger charge is 2.06. The summed E-state index contributed by atoms with van der Waals surface area (Å²) in [5.41, 5.74) is 2.29. The molecule has 3 heteroatoms. The van der Waals surface area contributed by atoms with Crippen LogP contribution in [0, 0.1) is 20.8 Å². The molecule has 70 valence electrons. The number of rotatable bonds is 1. The number of ether oxygens (including phenoxy) is 1. The van der Waals surface area contributed by atoms with Crippen LogP contribution in [0.15, 0.2) is 12.1 Å². The highest BCUT2D eigenvalue weighted by Crippen LogP contribution is 2.23. The van der Waals surface area contributed by atoms with E-state index < -0.39 is 5.43 Å². The summed E-state index contributed by atoms with van der Waals surface area (Å²) in [7, 11) is 0. The molecule has 0 amide bonds. The maximum absolute atomic E-state index is 10.5. The summed E-state index contributed by atoms with van der Waals surface area (Å²) in [5, 5.41) is 0. The van der Waals surface area contributed by atoms with Gasteiger partial charge in [-0.15, -0.1) is 0 Å². The van der Waals surface area contributed by atoms with Gasteiger partial charge < -0.3 is 4.74 Å². The Morgan fingerprint density at radius 2 is 1.92 bits per heavy atom. The number of hydrogen-bond acceptors (Lipinski definition) is 2. The Morgan fingerprint density at radius 1 is 1.31 bits per heavy atom. The van der Waals surface area contributed by atoms with E-state index in [1.54, 1.807) is 6.07 Å². The lowest BCUT2D eigenvalue weighted by molar-refractivity contribution is 0.225. The molecule has 0 aliphatic carbocycles. The van der Waals surface area contributed by atoms with E-state index in [9.17, 15) is 4.79 Å². The van der Waals surface area contributed by atoms with E-state index in [0.29, 0.717) is 5.75 Å². The molecule has 0 atom stereocenters. The zero-order valence-corrected chi connectivity index (χ0v) is 8.61. The summed E-state index contributed by atoms with van der Waals surface area (Å²) < 4.78 is 4.83. The molecule has 0 fully saturated rings. The van der Waals surface area contributed by atoms with Gasteiger partial charge >= 0.3 is 5.43 Å². The highest BCUT2D eigenvalue weighted by molar-refractivity contribution is 6.61. The van der Waals surface area contributed by atoms with Crippen LogP contribution in [-0.4, -0.2) is 5.43 Å². The van der Waals surface area contributed by atoms with Gasteiger partial charge in [0.25, 0.3) is 0 Å². The Labute approximate surface area is 82.5 Å². The summed E-state index contributed by atoms with van der Waals surface area (Å²) in [6.07, 6.45) is 0. The quantitative estimate of drug-likeness (QED) is 0.647. The number of carbonyl (C=O) groups excluding carboxylic acids is 1. The molecule has 0 bridgehead atoms.